The van der Waals surface area contributed by atoms with Crippen molar-refractivity contribution in [2.75, 3.05) is 11.4 Å². The van der Waals surface area contributed by atoms with Crippen LogP contribution in [0.3, 0.4) is 0 Å². The van der Waals surface area contributed by atoms with Crippen LogP contribution < -0.4 is 10.3 Å². The molecule has 0 atom stereocenters. The molecule has 0 unspecified atom stereocenters. The molecule has 1 N–H and O–H groups in total. The Balaban J connectivity index is 1.58. The van der Waals surface area contributed by atoms with E-state index in [2.05, 4.69) is 10.5 Å². The van der Waals surface area contributed by atoms with Gasteiger partial charge in [-0.3, -0.25) is 14.5 Å². The molecule has 8 heteroatoms. The normalized spacial score (nSPS) is 12.4. The summed E-state index contributed by atoms with van der Waals surface area (Å²) >= 11 is 13.6. The molecule has 0 spiro atoms. The van der Waals surface area contributed by atoms with Crippen LogP contribution in [0.4, 0.5) is 11.4 Å². The number of hydrogen-bond donors (Lipinski definition) is 1. The van der Waals surface area contributed by atoms with E-state index in [-0.39, 0.29) is 18.2 Å². The number of nitrogens with zero attached hydrogens (tertiary/aromatic N) is 2. The summed E-state index contributed by atoms with van der Waals surface area (Å²) in [6.45, 7) is 1.47. The van der Waals surface area contributed by atoms with Crippen LogP contribution in [0.5, 0.6) is 0 Å². The second-order valence-electron chi connectivity index (χ2n) is 6.80. The SMILES string of the molecule is CC(=O)c1ccc2c(c1)N(C(=O)CN/N=C/c1ccc(Cl)cc1Cl)c1ccccc1S2. The zero-order valence-electron chi connectivity index (χ0n) is 16.4. The molecule has 3 aromatic rings. The van der Waals surface area contributed by atoms with Crippen molar-refractivity contribution in [3.8, 4) is 0 Å². The number of fused-ring (bicyclic) bond motifs is 2. The van der Waals surface area contributed by atoms with Crippen molar-refractivity contribution in [3.05, 3.63) is 81.8 Å². The summed E-state index contributed by atoms with van der Waals surface area (Å²) in [4.78, 5) is 28.6. The highest BCUT2D eigenvalue weighted by Crippen LogP contribution is 2.48. The maximum absolute atomic E-state index is 13.2. The summed E-state index contributed by atoms with van der Waals surface area (Å²) in [5, 5.41) is 5.12. The van der Waals surface area contributed by atoms with Crippen LogP contribution >= 0.6 is 35.0 Å². The standard InChI is InChI=1S/C23H17Cl2N3O2S/c1-14(29)15-7-9-22-20(10-15)28(19-4-2-3-5-21(19)31-22)23(30)13-27-26-12-16-6-8-17(24)11-18(16)25/h2-12,27H,13H2,1H3/b26-12+. The number of Topliss-reactive ketones (excluding diaryl/α,β-unsaturated/α-hetero) is 1. The number of anilines is 2. The summed E-state index contributed by atoms with van der Waals surface area (Å²) in [6, 6.07) is 18.2. The van der Waals surface area contributed by atoms with E-state index in [1.807, 2.05) is 30.3 Å². The molecule has 0 bridgehead atoms. The lowest BCUT2D eigenvalue weighted by Crippen LogP contribution is -2.35. The van der Waals surface area contributed by atoms with Gasteiger partial charge in [0.15, 0.2) is 5.78 Å². The number of amides is 1. The van der Waals surface area contributed by atoms with Gasteiger partial charge >= 0.3 is 0 Å². The smallest absolute Gasteiger partial charge is 0.252 e. The zero-order valence-corrected chi connectivity index (χ0v) is 18.8. The predicted molar refractivity (Wildman–Crippen MR) is 126 cm³/mol. The maximum atomic E-state index is 13.2. The van der Waals surface area contributed by atoms with Gasteiger partial charge in [0.2, 0.25) is 0 Å². The van der Waals surface area contributed by atoms with Crippen molar-refractivity contribution in [2.24, 2.45) is 5.10 Å². The maximum Gasteiger partial charge on any atom is 0.252 e. The molecule has 0 radical (unpaired) electrons. The van der Waals surface area contributed by atoms with Gasteiger partial charge in [-0.1, -0.05) is 59.2 Å². The summed E-state index contributed by atoms with van der Waals surface area (Å²) in [5.74, 6) is -0.254. The molecular weight excluding hydrogens is 453 g/mol. The average molecular weight is 470 g/mol. The minimum atomic E-state index is -0.200. The molecule has 0 saturated heterocycles. The lowest BCUT2D eigenvalue weighted by atomic mass is 10.1. The highest BCUT2D eigenvalue weighted by molar-refractivity contribution is 7.99. The fraction of sp³-hybridized carbons (Fsp3) is 0.0870. The Bertz CT molecular complexity index is 1210. The first kappa shape index (κ1) is 21.4. The molecule has 0 aromatic heterocycles. The number of hydrogen-bond acceptors (Lipinski definition) is 5. The Kier molecular flexibility index (Phi) is 6.32. The second kappa shape index (κ2) is 9.14. The number of halogens is 2. The third kappa shape index (κ3) is 4.61. The van der Waals surface area contributed by atoms with Crippen LogP contribution in [0.15, 0.2) is 75.6 Å². The number of para-hydroxylation sites is 1. The first-order chi connectivity index (χ1) is 14.9. The van der Waals surface area contributed by atoms with E-state index in [9.17, 15) is 9.59 Å². The van der Waals surface area contributed by atoms with E-state index in [1.54, 1.807) is 47.0 Å². The molecule has 1 aliphatic rings. The third-order valence-corrected chi connectivity index (χ3v) is 6.36. The topological polar surface area (TPSA) is 61.8 Å². The predicted octanol–water partition coefficient (Wildman–Crippen LogP) is 5.95. The van der Waals surface area contributed by atoms with Crippen LogP contribution in [-0.4, -0.2) is 24.4 Å². The van der Waals surface area contributed by atoms with E-state index in [1.165, 1.54) is 13.1 Å². The quantitative estimate of drug-likeness (QED) is 0.285. The highest BCUT2D eigenvalue weighted by atomic mass is 35.5. The van der Waals surface area contributed by atoms with E-state index >= 15 is 0 Å². The molecule has 0 fully saturated rings. The second-order valence-corrected chi connectivity index (χ2v) is 8.72. The van der Waals surface area contributed by atoms with Gasteiger partial charge in [0, 0.05) is 25.9 Å². The number of rotatable bonds is 5. The van der Waals surface area contributed by atoms with Gasteiger partial charge in [-0.2, -0.15) is 5.10 Å². The fourth-order valence-corrected chi connectivity index (χ4v) is 4.65. The van der Waals surface area contributed by atoms with Gasteiger partial charge in [-0.05, 0) is 43.3 Å². The Morgan fingerprint density at radius 1 is 1.03 bits per heavy atom. The van der Waals surface area contributed by atoms with E-state index < -0.39 is 0 Å². The van der Waals surface area contributed by atoms with Crippen LogP contribution in [0.1, 0.15) is 22.8 Å². The van der Waals surface area contributed by atoms with Crippen molar-refractivity contribution >= 4 is 64.2 Å². The lowest BCUT2D eigenvalue weighted by molar-refractivity contribution is -0.117. The zero-order chi connectivity index (χ0) is 22.0. The van der Waals surface area contributed by atoms with Crippen molar-refractivity contribution in [3.63, 3.8) is 0 Å². The molecule has 0 saturated carbocycles. The van der Waals surface area contributed by atoms with E-state index in [0.717, 1.165) is 15.5 Å². The Labute approximate surface area is 194 Å². The van der Waals surface area contributed by atoms with E-state index in [0.29, 0.717) is 26.9 Å². The van der Waals surface area contributed by atoms with Gasteiger partial charge < -0.3 is 5.43 Å². The first-order valence-corrected chi connectivity index (χ1v) is 11.0. The molecule has 4 rings (SSSR count). The fourth-order valence-electron chi connectivity index (χ4n) is 3.16. The average Bonchev–Trinajstić information content (AvgIpc) is 2.75. The molecular formula is C23H17Cl2N3O2S. The highest BCUT2D eigenvalue weighted by Gasteiger charge is 2.28. The molecule has 1 aliphatic heterocycles. The van der Waals surface area contributed by atoms with Crippen LogP contribution in [0, 0.1) is 0 Å². The van der Waals surface area contributed by atoms with Gasteiger partial charge in [0.1, 0.15) is 6.54 Å². The van der Waals surface area contributed by atoms with Crippen LogP contribution in [0.25, 0.3) is 0 Å². The number of ketones is 1. The largest absolute Gasteiger partial charge is 0.301 e. The van der Waals surface area contributed by atoms with Crippen molar-refractivity contribution in [1.29, 1.82) is 0 Å². The van der Waals surface area contributed by atoms with Gasteiger partial charge in [0.05, 0.1) is 22.6 Å². The third-order valence-electron chi connectivity index (χ3n) is 4.67. The Morgan fingerprint density at radius 2 is 1.81 bits per heavy atom. The molecule has 5 nitrogen and oxygen atoms in total. The summed E-state index contributed by atoms with van der Waals surface area (Å²) in [5.41, 5.74) is 5.49. The minimum absolute atomic E-state index is 0.0373. The molecule has 3 aromatic carbocycles. The summed E-state index contributed by atoms with van der Waals surface area (Å²) in [7, 11) is 0. The molecule has 31 heavy (non-hydrogen) atoms. The molecule has 156 valence electrons. The summed E-state index contributed by atoms with van der Waals surface area (Å²) in [6.07, 6.45) is 1.54. The minimum Gasteiger partial charge on any atom is -0.301 e. The number of benzene rings is 3. The first-order valence-electron chi connectivity index (χ1n) is 9.40. The number of carbonyl (C=O) groups excluding carboxylic acids is 2. The molecule has 1 amide bonds. The Hall–Kier alpha value is -2.80. The van der Waals surface area contributed by atoms with Gasteiger partial charge in [-0.15, -0.1) is 0 Å². The van der Waals surface area contributed by atoms with Crippen molar-refractivity contribution in [1.82, 2.24) is 5.43 Å². The van der Waals surface area contributed by atoms with Crippen LogP contribution in [-0.2, 0) is 4.79 Å². The number of nitrogens with one attached hydrogen (secondary N) is 1. The van der Waals surface area contributed by atoms with Gasteiger partial charge in [-0.25, -0.2) is 0 Å². The van der Waals surface area contributed by atoms with E-state index in [4.69, 9.17) is 23.2 Å². The molecule has 1 heterocycles. The monoisotopic (exact) mass is 469 g/mol. The molecule has 0 aliphatic carbocycles. The summed E-state index contributed by atoms with van der Waals surface area (Å²) < 4.78 is 0. The number of hydrazone groups is 1. The van der Waals surface area contributed by atoms with Crippen LogP contribution in [0.2, 0.25) is 10.0 Å². The van der Waals surface area contributed by atoms with Crippen molar-refractivity contribution in [2.45, 2.75) is 16.7 Å². The Morgan fingerprint density at radius 3 is 2.58 bits per heavy atom. The lowest BCUT2D eigenvalue weighted by Gasteiger charge is -2.31. The number of carbonyl (C=O) groups is 2. The van der Waals surface area contributed by atoms with Crippen molar-refractivity contribution < 1.29 is 9.59 Å². The van der Waals surface area contributed by atoms with Gasteiger partial charge in [0.25, 0.3) is 5.91 Å².